The predicted molar refractivity (Wildman–Crippen MR) is 239 cm³/mol. The fourth-order valence-corrected chi connectivity index (χ4v) is 15.3. The Labute approximate surface area is 332 Å². The van der Waals surface area contributed by atoms with Gasteiger partial charge in [0.2, 0.25) is 6.71 Å². The molecular formula is C52H43BN2Si. The topological polar surface area (TPSA) is 6.48 Å². The van der Waals surface area contributed by atoms with Crippen LogP contribution in [0, 0.1) is 0 Å². The fourth-order valence-electron chi connectivity index (χ4n) is 10.7. The van der Waals surface area contributed by atoms with Gasteiger partial charge in [-0.3, -0.25) is 0 Å². The number of hydrogen-bond donors (Lipinski definition) is 0. The lowest BCUT2D eigenvalue weighted by atomic mass is 9.36. The Morgan fingerprint density at radius 1 is 0.375 bits per heavy atom. The second-order valence-electron chi connectivity index (χ2n) is 16.9. The first-order valence-electron chi connectivity index (χ1n) is 20.0. The average molecular weight is 735 g/mol. The molecule has 0 fully saturated rings. The van der Waals surface area contributed by atoms with E-state index in [4.69, 9.17) is 0 Å². The average Bonchev–Trinajstić information content (AvgIpc) is 3.62. The predicted octanol–water partition coefficient (Wildman–Crippen LogP) is 8.89. The van der Waals surface area contributed by atoms with Crippen LogP contribution in [0.1, 0.15) is 49.9 Å². The molecule has 4 heterocycles. The van der Waals surface area contributed by atoms with Gasteiger partial charge in [0.05, 0.1) is 34.1 Å². The molecule has 0 bridgehead atoms. The molecule has 1 spiro atoms. The van der Waals surface area contributed by atoms with E-state index in [1.165, 1.54) is 83.2 Å². The number of hydrogen-bond acceptors (Lipinski definition) is 2. The monoisotopic (exact) mass is 734 g/mol. The highest BCUT2D eigenvalue weighted by atomic mass is 28.3. The molecule has 0 amide bonds. The third-order valence-corrected chi connectivity index (χ3v) is 17.5. The quantitative estimate of drug-likeness (QED) is 0.168. The van der Waals surface area contributed by atoms with Crippen molar-refractivity contribution in [3.05, 3.63) is 221 Å². The molecule has 4 aliphatic rings. The van der Waals surface area contributed by atoms with Crippen molar-refractivity contribution in [1.82, 2.24) is 0 Å². The normalized spacial score (nSPS) is 17.5. The summed E-state index contributed by atoms with van der Waals surface area (Å²) >= 11 is 0. The molecule has 0 aromatic heterocycles. The van der Waals surface area contributed by atoms with Crippen molar-refractivity contribution in [1.29, 1.82) is 0 Å². The van der Waals surface area contributed by atoms with Crippen LogP contribution in [0.15, 0.2) is 199 Å². The van der Waals surface area contributed by atoms with E-state index in [0.717, 1.165) is 0 Å². The number of benzene rings is 7. The van der Waals surface area contributed by atoms with Crippen LogP contribution in [0.2, 0.25) is 0 Å². The maximum absolute atomic E-state index is 2.79. The molecule has 0 N–H and O–H groups in total. The van der Waals surface area contributed by atoms with Crippen LogP contribution in [0.25, 0.3) is 0 Å². The van der Waals surface area contributed by atoms with E-state index in [-0.39, 0.29) is 17.5 Å². The first-order chi connectivity index (χ1) is 27.3. The molecule has 0 aliphatic carbocycles. The van der Waals surface area contributed by atoms with Gasteiger partial charge < -0.3 is 9.80 Å². The maximum Gasteiger partial charge on any atom is 0.240 e. The highest BCUT2D eigenvalue weighted by Gasteiger charge is 2.51. The molecular weight excluding hydrogens is 691 g/mol. The Morgan fingerprint density at radius 3 is 1.09 bits per heavy atom. The van der Waals surface area contributed by atoms with Crippen molar-refractivity contribution in [3.63, 3.8) is 0 Å². The smallest absolute Gasteiger partial charge is 0.240 e. The Kier molecular flexibility index (Phi) is 7.10. The summed E-state index contributed by atoms with van der Waals surface area (Å²) in [5, 5.41) is 2.94. The number of fused-ring (bicyclic) bond motifs is 8. The summed E-state index contributed by atoms with van der Waals surface area (Å²) in [4.78, 5) is 5.23. The fraction of sp³-hybridized carbons (Fsp3) is 0.115. The number of rotatable bonds is 3. The first-order valence-corrected chi connectivity index (χ1v) is 22.1. The lowest BCUT2D eigenvalue weighted by Crippen LogP contribution is -2.77. The van der Waals surface area contributed by atoms with Crippen LogP contribution < -0.4 is 36.6 Å². The molecule has 268 valence electrons. The molecule has 0 unspecified atom stereocenters. The Bertz CT molecular complexity index is 2530. The lowest BCUT2D eigenvalue weighted by Gasteiger charge is -2.46. The van der Waals surface area contributed by atoms with Crippen molar-refractivity contribution >= 4 is 64.3 Å². The van der Waals surface area contributed by atoms with Gasteiger partial charge in [0.15, 0.2) is 8.07 Å². The molecule has 0 atom stereocenters. The number of para-hydroxylation sites is 4. The Morgan fingerprint density at radius 2 is 0.696 bits per heavy atom. The van der Waals surface area contributed by atoms with Gasteiger partial charge in [-0.15, -0.1) is 0 Å². The largest absolute Gasteiger partial charge is 0.308 e. The van der Waals surface area contributed by atoms with Gasteiger partial charge in [0, 0.05) is 10.8 Å². The van der Waals surface area contributed by atoms with Crippen molar-refractivity contribution in [2.45, 2.75) is 38.5 Å². The summed E-state index contributed by atoms with van der Waals surface area (Å²) in [6, 6.07) is 66.3. The molecule has 7 aromatic rings. The van der Waals surface area contributed by atoms with Crippen molar-refractivity contribution in [3.8, 4) is 0 Å². The van der Waals surface area contributed by atoms with Crippen LogP contribution in [-0.2, 0) is 10.8 Å². The highest BCUT2D eigenvalue weighted by Crippen LogP contribution is 2.56. The minimum absolute atomic E-state index is 0.158. The zero-order chi connectivity index (χ0) is 37.8. The summed E-state index contributed by atoms with van der Waals surface area (Å²) in [6.45, 7) is 9.69. The van der Waals surface area contributed by atoms with Gasteiger partial charge in [-0.2, -0.15) is 0 Å². The third-order valence-electron chi connectivity index (χ3n) is 13.3. The van der Waals surface area contributed by atoms with E-state index in [0.29, 0.717) is 0 Å². The van der Waals surface area contributed by atoms with Crippen LogP contribution in [0.4, 0.5) is 22.7 Å². The summed E-state index contributed by atoms with van der Waals surface area (Å²) in [6.07, 6.45) is 0. The summed E-state index contributed by atoms with van der Waals surface area (Å²) in [5.74, 6) is 0. The molecule has 4 heteroatoms. The zero-order valence-corrected chi connectivity index (χ0v) is 33.4. The van der Waals surface area contributed by atoms with Gasteiger partial charge in [0.1, 0.15) is 0 Å². The van der Waals surface area contributed by atoms with Gasteiger partial charge in [-0.05, 0) is 46.5 Å². The van der Waals surface area contributed by atoms with E-state index in [9.17, 15) is 0 Å². The zero-order valence-electron chi connectivity index (χ0n) is 32.4. The van der Waals surface area contributed by atoms with Crippen molar-refractivity contribution in [2.24, 2.45) is 0 Å². The molecule has 56 heavy (non-hydrogen) atoms. The summed E-state index contributed by atoms with van der Waals surface area (Å²) in [5.41, 5.74) is 22.2. The van der Waals surface area contributed by atoms with Crippen molar-refractivity contribution in [2.75, 3.05) is 9.80 Å². The van der Waals surface area contributed by atoms with E-state index in [2.05, 4.69) is 225 Å². The molecule has 0 saturated heterocycles. The second-order valence-corrected chi connectivity index (χ2v) is 20.3. The third kappa shape index (κ3) is 4.45. The Hall–Kier alpha value is -6.10. The minimum atomic E-state index is -2.79. The minimum Gasteiger partial charge on any atom is -0.308 e. The highest BCUT2D eigenvalue weighted by molar-refractivity contribution is 7.19. The molecule has 4 aliphatic heterocycles. The van der Waals surface area contributed by atoms with Gasteiger partial charge >= 0.3 is 0 Å². The maximum atomic E-state index is 2.75. The second kappa shape index (κ2) is 11.9. The molecule has 7 aromatic carbocycles. The van der Waals surface area contributed by atoms with Crippen LogP contribution in [0.3, 0.4) is 0 Å². The van der Waals surface area contributed by atoms with E-state index >= 15 is 0 Å². The molecule has 11 rings (SSSR count). The molecule has 0 saturated carbocycles. The van der Waals surface area contributed by atoms with Crippen LogP contribution in [-0.4, -0.2) is 14.8 Å². The molecule has 0 radical (unpaired) electrons. The van der Waals surface area contributed by atoms with E-state index in [1.807, 2.05) is 0 Å². The standard InChI is InChI=1S/C52H43BN2Si/c1-51(2)37-22-8-14-28-43(37)54(44-29-15-9-23-38(44)51)47-34-56(35-48(47)55-45-30-16-10-24-39(45)52(3,4)40-25-11-17-31-46(40)55)49-32-18-12-26-41(49)53(36-20-6-5-7-21-36)42-27-13-19-33-50(42)56/h5-35H,1-4H3. The van der Waals surface area contributed by atoms with Gasteiger partial charge in [0.25, 0.3) is 0 Å². The molecule has 2 nitrogen and oxygen atoms in total. The number of anilines is 4. The van der Waals surface area contributed by atoms with Crippen LogP contribution in [0.5, 0.6) is 0 Å². The summed E-state index contributed by atoms with van der Waals surface area (Å²) < 4.78 is 0. The van der Waals surface area contributed by atoms with E-state index < -0.39 is 8.07 Å². The SMILES string of the molecule is CC1(C)c2ccccc2N(C2=C[Si]3(C=C2N2c4ccccc4C(C)(C)c4ccccc42)c2ccccc2B(c2ccccc2)c2ccccc23)c2ccccc21. The summed E-state index contributed by atoms with van der Waals surface area (Å²) in [7, 11) is -2.79. The lowest BCUT2D eigenvalue weighted by molar-refractivity contribution is 0.627. The first kappa shape index (κ1) is 33.3. The number of nitrogens with zero attached hydrogens (tertiary/aromatic N) is 2. The van der Waals surface area contributed by atoms with Crippen molar-refractivity contribution < 1.29 is 0 Å². The van der Waals surface area contributed by atoms with Gasteiger partial charge in [-0.1, -0.05) is 218 Å². The van der Waals surface area contributed by atoms with Crippen LogP contribution >= 0.6 is 0 Å². The van der Waals surface area contributed by atoms with E-state index in [1.54, 1.807) is 0 Å². The van der Waals surface area contributed by atoms with Gasteiger partial charge in [-0.25, -0.2) is 0 Å². The Balaban J connectivity index is 1.27.